The topological polar surface area (TPSA) is 60.4 Å². The Balaban J connectivity index is 1.87. The summed E-state index contributed by atoms with van der Waals surface area (Å²) in [6.45, 7) is 4.04. The molecule has 0 aliphatic heterocycles. The van der Waals surface area contributed by atoms with Crippen molar-refractivity contribution in [2.75, 3.05) is 5.75 Å². The first-order valence-electron chi connectivity index (χ1n) is 7.27. The van der Waals surface area contributed by atoms with Crippen LogP contribution >= 0.6 is 0 Å². The summed E-state index contributed by atoms with van der Waals surface area (Å²) in [4.78, 5) is 12.4. The van der Waals surface area contributed by atoms with Gasteiger partial charge in [0.1, 0.15) is 11.5 Å². The van der Waals surface area contributed by atoms with Crippen molar-refractivity contribution in [3.63, 3.8) is 0 Å². The van der Waals surface area contributed by atoms with Crippen LogP contribution in [0.15, 0.2) is 30.3 Å². The number of para-hydroxylation sites is 1. The van der Waals surface area contributed by atoms with Crippen LogP contribution in [0.1, 0.15) is 33.1 Å². The molecule has 0 saturated heterocycles. The molecule has 2 bridgehead atoms. The molecule has 4 nitrogen and oxygen atoms in total. The van der Waals surface area contributed by atoms with Crippen molar-refractivity contribution < 1.29 is 17.4 Å². The smallest absolute Gasteiger partial charge is 0.310 e. The number of hydrogen-bond donors (Lipinski definition) is 0. The SMILES string of the molecule is CC1(C)C2CC[C@@]1(CS(=O)(=O)Oc1ccccc1)C(=O)C2. The number of ketones is 1. The van der Waals surface area contributed by atoms with Gasteiger partial charge in [0.2, 0.25) is 0 Å². The summed E-state index contributed by atoms with van der Waals surface area (Å²) in [6.07, 6.45) is 2.09. The molecule has 0 aromatic heterocycles. The average Bonchev–Trinajstić information content (AvgIpc) is 2.72. The molecule has 2 aliphatic rings. The summed E-state index contributed by atoms with van der Waals surface area (Å²) in [5.74, 6) is 0.477. The first-order chi connectivity index (χ1) is 9.77. The van der Waals surface area contributed by atoms with E-state index in [0.717, 1.165) is 6.42 Å². The van der Waals surface area contributed by atoms with Gasteiger partial charge in [0, 0.05) is 6.42 Å². The maximum absolute atomic E-state index is 12.4. The van der Waals surface area contributed by atoms with Crippen molar-refractivity contribution in [2.24, 2.45) is 16.7 Å². The van der Waals surface area contributed by atoms with Gasteiger partial charge < -0.3 is 4.18 Å². The summed E-state index contributed by atoms with van der Waals surface area (Å²) in [5.41, 5.74) is -1.04. The molecule has 0 radical (unpaired) electrons. The summed E-state index contributed by atoms with van der Waals surface area (Å²) < 4.78 is 30.0. The van der Waals surface area contributed by atoms with Crippen molar-refractivity contribution in [1.29, 1.82) is 0 Å². The number of rotatable bonds is 4. The van der Waals surface area contributed by atoms with Gasteiger partial charge in [-0.15, -0.1) is 0 Å². The molecule has 21 heavy (non-hydrogen) atoms. The third-order valence-corrected chi connectivity index (χ3v) is 6.82. The number of carbonyl (C=O) groups excluding carboxylic acids is 1. The predicted octanol–water partition coefficient (Wildman–Crippen LogP) is 2.79. The zero-order valence-corrected chi connectivity index (χ0v) is 13.2. The molecular formula is C16H20O4S. The lowest BCUT2D eigenvalue weighted by Crippen LogP contribution is -2.43. The fourth-order valence-corrected chi connectivity index (χ4v) is 5.81. The molecular weight excluding hydrogens is 288 g/mol. The molecule has 0 spiro atoms. The van der Waals surface area contributed by atoms with E-state index in [1.54, 1.807) is 30.3 Å². The summed E-state index contributed by atoms with van der Waals surface area (Å²) in [5, 5.41) is 0. The van der Waals surface area contributed by atoms with Crippen LogP contribution in [0.4, 0.5) is 0 Å². The molecule has 0 amide bonds. The van der Waals surface area contributed by atoms with Crippen LogP contribution in [0.25, 0.3) is 0 Å². The fourth-order valence-electron chi connectivity index (χ4n) is 4.06. The molecule has 2 atom stereocenters. The van der Waals surface area contributed by atoms with Crippen molar-refractivity contribution in [1.82, 2.24) is 0 Å². The minimum atomic E-state index is -3.79. The first-order valence-corrected chi connectivity index (χ1v) is 8.85. The highest BCUT2D eigenvalue weighted by molar-refractivity contribution is 7.87. The minimum Gasteiger partial charge on any atom is -0.382 e. The van der Waals surface area contributed by atoms with E-state index in [1.165, 1.54) is 0 Å². The Morgan fingerprint density at radius 1 is 1.24 bits per heavy atom. The Morgan fingerprint density at radius 3 is 2.43 bits per heavy atom. The lowest BCUT2D eigenvalue weighted by atomic mass is 9.70. The van der Waals surface area contributed by atoms with Gasteiger partial charge in [0.25, 0.3) is 0 Å². The van der Waals surface area contributed by atoms with Crippen LogP contribution in [-0.4, -0.2) is 20.0 Å². The molecule has 1 aromatic carbocycles. The van der Waals surface area contributed by atoms with E-state index in [1.807, 2.05) is 13.8 Å². The number of hydrogen-bond acceptors (Lipinski definition) is 4. The van der Waals surface area contributed by atoms with Gasteiger partial charge in [-0.1, -0.05) is 32.0 Å². The lowest BCUT2D eigenvalue weighted by Gasteiger charge is -2.35. The van der Waals surface area contributed by atoms with E-state index in [9.17, 15) is 13.2 Å². The van der Waals surface area contributed by atoms with Crippen molar-refractivity contribution in [3.05, 3.63) is 30.3 Å². The molecule has 114 valence electrons. The first kappa shape index (κ1) is 14.6. The largest absolute Gasteiger partial charge is 0.382 e. The zero-order valence-electron chi connectivity index (χ0n) is 12.3. The zero-order chi connectivity index (χ0) is 15.3. The van der Waals surface area contributed by atoms with Gasteiger partial charge in [-0.05, 0) is 36.3 Å². The molecule has 2 saturated carbocycles. The normalized spacial score (nSPS) is 30.6. The van der Waals surface area contributed by atoms with E-state index in [0.29, 0.717) is 24.5 Å². The highest BCUT2D eigenvalue weighted by Crippen LogP contribution is 2.64. The van der Waals surface area contributed by atoms with Gasteiger partial charge in [0.15, 0.2) is 0 Å². The third-order valence-electron chi connectivity index (χ3n) is 5.53. The third kappa shape index (κ3) is 2.18. The lowest BCUT2D eigenvalue weighted by molar-refractivity contribution is -0.128. The Labute approximate surface area is 125 Å². The second-order valence-electron chi connectivity index (χ2n) is 6.77. The van der Waals surface area contributed by atoms with Crippen LogP contribution in [0.2, 0.25) is 0 Å². The van der Waals surface area contributed by atoms with Gasteiger partial charge in [-0.25, -0.2) is 0 Å². The number of fused-ring (bicyclic) bond motifs is 2. The van der Waals surface area contributed by atoms with Crippen LogP contribution in [0.3, 0.4) is 0 Å². The van der Waals surface area contributed by atoms with Crippen LogP contribution < -0.4 is 4.18 Å². The predicted molar refractivity (Wildman–Crippen MR) is 79.4 cm³/mol. The summed E-state index contributed by atoms with van der Waals surface area (Å²) >= 11 is 0. The van der Waals surface area contributed by atoms with Gasteiger partial charge in [-0.3, -0.25) is 4.79 Å². The molecule has 3 rings (SSSR count). The van der Waals surface area contributed by atoms with Crippen LogP contribution in [0.5, 0.6) is 5.75 Å². The van der Waals surface area contributed by atoms with E-state index < -0.39 is 15.5 Å². The Bertz CT molecular complexity index is 663. The van der Waals surface area contributed by atoms with E-state index >= 15 is 0 Å². The van der Waals surface area contributed by atoms with E-state index in [-0.39, 0.29) is 17.0 Å². The van der Waals surface area contributed by atoms with Crippen molar-refractivity contribution >= 4 is 15.9 Å². The molecule has 5 heteroatoms. The van der Waals surface area contributed by atoms with E-state index in [4.69, 9.17) is 4.18 Å². The van der Waals surface area contributed by atoms with Crippen molar-refractivity contribution in [3.8, 4) is 5.75 Å². The molecule has 2 aliphatic carbocycles. The Morgan fingerprint density at radius 2 is 1.90 bits per heavy atom. The number of Topliss-reactive ketones (excluding diaryl/α,β-unsaturated/α-hetero) is 1. The minimum absolute atomic E-state index is 0.0870. The Kier molecular flexibility index (Phi) is 3.17. The van der Waals surface area contributed by atoms with Crippen molar-refractivity contribution in [2.45, 2.75) is 33.1 Å². The standard InChI is InChI=1S/C16H20O4S/c1-15(2)12-8-9-16(15,14(17)10-12)11-21(18,19)20-13-6-4-3-5-7-13/h3-7,12H,8-11H2,1-2H3/t12?,16-/m1/s1. The summed E-state index contributed by atoms with van der Waals surface area (Å²) in [7, 11) is -3.79. The monoisotopic (exact) mass is 308 g/mol. The molecule has 1 aromatic rings. The molecule has 0 N–H and O–H groups in total. The number of benzene rings is 1. The van der Waals surface area contributed by atoms with Gasteiger partial charge in [0.05, 0.1) is 11.2 Å². The highest BCUT2D eigenvalue weighted by atomic mass is 32.2. The second-order valence-corrected chi connectivity index (χ2v) is 8.34. The Hall–Kier alpha value is -1.36. The number of carbonyl (C=O) groups is 1. The second kappa shape index (κ2) is 4.57. The van der Waals surface area contributed by atoms with Gasteiger partial charge in [-0.2, -0.15) is 8.42 Å². The van der Waals surface area contributed by atoms with Gasteiger partial charge >= 0.3 is 10.1 Å². The quantitative estimate of drug-likeness (QED) is 0.803. The van der Waals surface area contributed by atoms with Crippen LogP contribution in [-0.2, 0) is 14.9 Å². The molecule has 2 fully saturated rings. The highest BCUT2D eigenvalue weighted by Gasteiger charge is 2.65. The molecule has 1 unspecified atom stereocenters. The maximum Gasteiger partial charge on any atom is 0.310 e. The summed E-state index contributed by atoms with van der Waals surface area (Å²) in [6, 6.07) is 8.45. The fraction of sp³-hybridized carbons (Fsp3) is 0.562. The average molecular weight is 308 g/mol. The van der Waals surface area contributed by atoms with E-state index in [2.05, 4.69) is 0 Å². The van der Waals surface area contributed by atoms with Crippen LogP contribution in [0, 0.1) is 16.7 Å². The molecule has 0 heterocycles. The maximum atomic E-state index is 12.4.